The molecule has 1 rings (SSSR count). The second kappa shape index (κ2) is 7.63. The van der Waals surface area contributed by atoms with Crippen molar-refractivity contribution < 1.29 is 9.53 Å². The highest BCUT2D eigenvalue weighted by Crippen LogP contribution is 2.02. The maximum absolute atomic E-state index is 11.0. The lowest BCUT2D eigenvalue weighted by molar-refractivity contribution is -0.118. The molecule has 5 nitrogen and oxygen atoms in total. The first-order valence-corrected chi connectivity index (χ1v) is 6.39. The van der Waals surface area contributed by atoms with Gasteiger partial charge in [-0.15, -0.1) is 0 Å². The summed E-state index contributed by atoms with van der Waals surface area (Å²) in [5.41, 5.74) is 5.28. The fourth-order valence-corrected chi connectivity index (χ4v) is 1.94. The van der Waals surface area contributed by atoms with Gasteiger partial charge in [0.1, 0.15) is 0 Å². The summed E-state index contributed by atoms with van der Waals surface area (Å²) in [6.45, 7) is 9.56. The van der Waals surface area contributed by atoms with Gasteiger partial charge in [0, 0.05) is 32.1 Å². The Hall–Kier alpha value is -0.650. The van der Waals surface area contributed by atoms with Crippen LogP contribution in [-0.4, -0.2) is 56.2 Å². The topological polar surface area (TPSA) is 67.6 Å². The Kier molecular flexibility index (Phi) is 6.47. The van der Waals surface area contributed by atoms with E-state index in [1.807, 2.05) is 0 Å². The summed E-state index contributed by atoms with van der Waals surface area (Å²) in [6, 6.07) is 0.160. The highest BCUT2D eigenvalue weighted by atomic mass is 16.5. The third-order valence-electron chi connectivity index (χ3n) is 2.84. The fraction of sp³-hybridized carbons (Fsp3) is 0.917. The molecule has 0 radical (unpaired) electrons. The molecular formula is C12H25N3O2. The number of morpholine rings is 1. The average Bonchev–Trinajstić information content (AvgIpc) is 2.26. The first-order valence-electron chi connectivity index (χ1n) is 6.39. The van der Waals surface area contributed by atoms with Crippen LogP contribution in [0.15, 0.2) is 0 Å². The van der Waals surface area contributed by atoms with Gasteiger partial charge in [-0.1, -0.05) is 13.8 Å². The largest absolute Gasteiger partial charge is 0.379 e. The average molecular weight is 243 g/mol. The van der Waals surface area contributed by atoms with E-state index in [1.54, 1.807) is 0 Å². The summed E-state index contributed by atoms with van der Waals surface area (Å²) < 4.78 is 5.31. The molecule has 1 saturated heterocycles. The zero-order valence-corrected chi connectivity index (χ0v) is 10.9. The molecule has 0 aromatic rings. The molecular weight excluding hydrogens is 218 g/mol. The standard InChI is InChI=1S/C12H25N3O2/c1-10(2)8-14-11(7-12(13)16)9-15-3-5-17-6-4-15/h10-11,14H,3-9H2,1-2H3,(H2,13,16). The van der Waals surface area contributed by atoms with Crippen LogP contribution < -0.4 is 11.1 Å². The van der Waals surface area contributed by atoms with Crippen molar-refractivity contribution in [3.8, 4) is 0 Å². The van der Waals surface area contributed by atoms with Crippen molar-refractivity contribution in [2.45, 2.75) is 26.3 Å². The molecule has 1 fully saturated rings. The number of hydrogen-bond donors (Lipinski definition) is 2. The van der Waals surface area contributed by atoms with E-state index >= 15 is 0 Å². The quantitative estimate of drug-likeness (QED) is 0.650. The van der Waals surface area contributed by atoms with Crippen LogP contribution in [0.2, 0.25) is 0 Å². The molecule has 1 aliphatic heterocycles. The van der Waals surface area contributed by atoms with E-state index in [1.165, 1.54) is 0 Å². The second-order valence-electron chi connectivity index (χ2n) is 5.08. The SMILES string of the molecule is CC(C)CNC(CC(N)=O)CN1CCOCC1. The van der Waals surface area contributed by atoms with Gasteiger partial charge in [-0.05, 0) is 12.5 Å². The van der Waals surface area contributed by atoms with Gasteiger partial charge in [0.2, 0.25) is 5.91 Å². The van der Waals surface area contributed by atoms with Crippen molar-refractivity contribution >= 4 is 5.91 Å². The van der Waals surface area contributed by atoms with E-state index in [2.05, 4.69) is 24.1 Å². The van der Waals surface area contributed by atoms with Crippen LogP contribution in [0, 0.1) is 5.92 Å². The van der Waals surface area contributed by atoms with Gasteiger partial charge in [0.15, 0.2) is 0 Å². The third kappa shape index (κ3) is 6.61. The lowest BCUT2D eigenvalue weighted by atomic mass is 10.1. The predicted octanol–water partition coefficient (Wildman–Crippen LogP) is -0.192. The highest BCUT2D eigenvalue weighted by Gasteiger charge is 2.18. The number of ether oxygens (including phenoxy) is 1. The van der Waals surface area contributed by atoms with Crippen molar-refractivity contribution in [2.75, 3.05) is 39.4 Å². The van der Waals surface area contributed by atoms with Crippen molar-refractivity contribution in [1.82, 2.24) is 10.2 Å². The monoisotopic (exact) mass is 243 g/mol. The lowest BCUT2D eigenvalue weighted by Crippen LogP contribution is -2.47. The highest BCUT2D eigenvalue weighted by molar-refractivity contribution is 5.74. The molecule has 1 aliphatic rings. The first kappa shape index (κ1) is 14.4. The summed E-state index contributed by atoms with van der Waals surface area (Å²) in [6.07, 6.45) is 0.407. The van der Waals surface area contributed by atoms with Gasteiger partial charge in [-0.2, -0.15) is 0 Å². The van der Waals surface area contributed by atoms with Crippen molar-refractivity contribution in [3.05, 3.63) is 0 Å². The molecule has 1 unspecified atom stereocenters. The molecule has 5 heteroatoms. The number of primary amides is 1. The van der Waals surface area contributed by atoms with Crippen LogP contribution in [-0.2, 0) is 9.53 Å². The van der Waals surface area contributed by atoms with Crippen LogP contribution in [0.5, 0.6) is 0 Å². The third-order valence-corrected chi connectivity index (χ3v) is 2.84. The Labute approximate surface area is 104 Å². The molecule has 0 aliphatic carbocycles. The first-order chi connectivity index (χ1) is 8.08. The van der Waals surface area contributed by atoms with Gasteiger partial charge in [-0.3, -0.25) is 9.69 Å². The van der Waals surface area contributed by atoms with Crippen LogP contribution in [0.1, 0.15) is 20.3 Å². The summed E-state index contributed by atoms with van der Waals surface area (Å²) >= 11 is 0. The van der Waals surface area contributed by atoms with Crippen molar-refractivity contribution in [3.63, 3.8) is 0 Å². The van der Waals surface area contributed by atoms with Crippen LogP contribution in [0.25, 0.3) is 0 Å². The molecule has 0 spiro atoms. The zero-order chi connectivity index (χ0) is 12.7. The molecule has 0 bridgehead atoms. The number of nitrogens with two attached hydrogens (primary N) is 1. The number of nitrogens with zero attached hydrogens (tertiary/aromatic N) is 1. The van der Waals surface area contributed by atoms with E-state index in [-0.39, 0.29) is 11.9 Å². The molecule has 1 amide bonds. The van der Waals surface area contributed by atoms with Gasteiger partial charge < -0.3 is 15.8 Å². The minimum atomic E-state index is -0.237. The Bertz CT molecular complexity index is 228. The molecule has 0 aromatic heterocycles. The minimum Gasteiger partial charge on any atom is -0.379 e. The van der Waals surface area contributed by atoms with Gasteiger partial charge in [-0.25, -0.2) is 0 Å². The van der Waals surface area contributed by atoms with Gasteiger partial charge >= 0.3 is 0 Å². The summed E-state index contributed by atoms with van der Waals surface area (Å²) in [4.78, 5) is 13.4. The summed E-state index contributed by atoms with van der Waals surface area (Å²) in [5.74, 6) is 0.342. The Morgan fingerprint density at radius 1 is 1.41 bits per heavy atom. The number of amides is 1. The summed E-state index contributed by atoms with van der Waals surface area (Å²) in [5, 5.41) is 3.41. The number of nitrogens with one attached hydrogen (secondary N) is 1. The molecule has 0 aromatic carbocycles. The maximum atomic E-state index is 11.0. The predicted molar refractivity (Wildman–Crippen MR) is 67.7 cm³/mol. The Balaban J connectivity index is 2.35. The van der Waals surface area contributed by atoms with Crippen molar-refractivity contribution in [2.24, 2.45) is 11.7 Å². The Morgan fingerprint density at radius 2 is 2.06 bits per heavy atom. The van der Waals surface area contributed by atoms with E-state index in [0.29, 0.717) is 12.3 Å². The number of carbonyl (C=O) groups is 1. The van der Waals surface area contributed by atoms with Crippen LogP contribution >= 0.6 is 0 Å². The van der Waals surface area contributed by atoms with E-state index in [9.17, 15) is 4.79 Å². The molecule has 3 N–H and O–H groups in total. The van der Waals surface area contributed by atoms with Crippen LogP contribution in [0.4, 0.5) is 0 Å². The molecule has 1 heterocycles. The smallest absolute Gasteiger partial charge is 0.219 e. The number of rotatable bonds is 7. The molecule has 100 valence electrons. The zero-order valence-electron chi connectivity index (χ0n) is 10.9. The van der Waals surface area contributed by atoms with Crippen molar-refractivity contribution in [1.29, 1.82) is 0 Å². The Morgan fingerprint density at radius 3 is 2.59 bits per heavy atom. The lowest BCUT2D eigenvalue weighted by Gasteiger charge is -2.30. The molecule has 17 heavy (non-hydrogen) atoms. The molecule has 0 saturated carbocycles. The number of carbonyl (C=O) groups excluding carboxylic acids is 1. The summed E-state index contributed by atoms with van der Waals surface area (Å²) in [7, 11) is 0. The number of hydrogen-bond acceptors (Lipinski definition) is 4. The van der Waals surface area contributed by atoms with E-state index in [4.69, 9.17) is 10.5 Å². The second-order valence-corrected chi connectivity index (χ2v) is 5.08. The minimum absolute atomic E-state index is 0.160. The maximum Gasteiger partial charge on any atom is 0.219 e. The fourth-order valence-electron chi connectivity index (χ4n) is 1.94. The molecule has 1 atom stereocenters. The van der Waals surface area contributed by atoms with Crippen LogP contribution in [0.3, 0.4) is 0 Å². The van der Waals surface area contributed by atoms with E-state index in [0.717, 1.165) is 39.4 Å². The van der Waals surface area contributed by atoms with Gasteiger partial charge in [0.05, 0.1) is 13.2 Å². The van der Waals surface area contributed by atoms with E-state index < -0.39 is 0 Å². The van der Waals surface area contributed by atoms with Gasteiger partial charge in [0.25, 0.3) is 0 Å². The normalized spacial score (nSPS) is 19.5.